The highest BCUT2D eigenvalue weighted by molar-refractivity contribution is 9.10. The number of fused-ring (bicyclic) bond motifs is 3. The van der Waals surface area contributed by atoms with Crippen LogP contribution in [0.5, 0.6) is 5.75 Å². The summed E-state index contributed by atoms with van der Waals surface area (Å²) in [6.45, 7) is -2.42. The molecular formula is C22H18BrClF2N6O2. The number of rotatable bonds is 5. The second kappa shape index (κ2) is 9.30. The van der Waals surface area contributed by atoms with Crippen LogP contribution in [0, 0.1) is 0 Å². The Labute approximate surface area is 205 Å². The van der Waals surface area contributed by atoms with E-state index in [2.05, 4.69) is 41.4 Å². The molecule has 8 nitrogen and oxygen atoms in total. The van der Waals surface area contributed by atoms with E-state index in [-0.39, 0.29) is 28.1 Å². The molecule has 0 unspecified atom stereocenters. The van der Waals surface area contributed by atoms with Gasteiger partial charge >= 0.3 is 6.61 Å². The van der Waals surface area contributed by atoms with E-state index in [9.17, 15) is 13.6 Å². The lowest BCUT2D eigenvalue weighted by atomic mass is 10.1. The second-order valence-corrected chi connectivity index (χ2v) is 9.04. The molecule has 176 valence electrons. The van der Waals surface area contributed by atoms with Crippen molar-refractivity contribution in [1.29, 1.82) is 0 Å². The summed E-state index contributed by atoms with van der Waals surface area (Å²) >= 11 is 9.51. The van der Waals surface area contributed by atoms with E-state index in [4.69, 9.17) is 16.6 Å². The van der Waals surface area contributed by atoms with Crippen LogP contribution in [-0.2, 0) is 4.79 Å². The third kappa shape index (κ3) is 4.37. The third-order valence-corrected chi connectivity index (χ3v) is 6.37. The van der Waals surface area contributed by atoms with Gasteiger partial charge < -0.3 is 15.4 Å². The molecule has 0 radical (unpaired) electrons. The van der Waals surface area contributed by atoms with E-state index in [0.717, 1.165) is 17.3 Å². The summed E-state index contributed by atoms with van der Waals surface area (Å²) in [7, 11) is 0. The number of nitrogens with zero attached hydrogens (tertiary/aromatic N) is 4. The molecule has 3 heterocycles. The van der Waals surface area contributed by atoms with Gasteiger partial charge in [-0.1, -0.05) is 17.7 Å². The Balaban J connectivity index is 1.69. The topological polar surface area (TPSA) is 93.4 Å². The first kappa shape index (κ1) is 22.7. The minimum atomic E-state index is -3.04. The number of benzene rings is 2. The summed E-state index contributed by atoms with van der Waals surface area (Å²) in [4.78, 5) is 21.9. The average Bonchev–Trinajstić information content (AvgIpc) is 3.14. The zero-order valence-corrected chi connectivity index (χ0v) is 19.9. The Bertz CT molecular complexity index is 1400. The zero-order valence-electron chi connectivity index (χ0n) is 17.6. The monoisotopic (exact) mass is 550 g/mol. The highest BCUT2D eigenvalue weighted by Gasteiger charge is 2.24. The summed E-state index contributed by atoms with van der Waals surface area (Å²) in [5.41, 5.74) is 1.30. The normalized spacial score (nSPS) is 16.6. The van der Waals surface area contributed by atoms with Gasteiger partial charge in [0, 0.05) is 21.4 Å². The van der Waals surface area contributed by atoms with Crippen LogP contribution < -0.4 is 15.4 Å². The molecule has 12 heteroatoms. The highest BCUT2D eigenvalue weighted by atomic mass is 79.9. The molecule has 1 amide bonds. The Kier molecular flexibility index (Phi) is 6.22. The van der Waals surface area contributed by atoms with Crippen molar-refractivity contribution < 1.29 is 18.3 Å². The Morgan fingerprint density at radius 2 is 2.09 bits per heavy atom. The molecule has 1 fully saturated rings. The molecular weight excluding hydrogens is 534 g/mol. The van der Waals surface area contributed by atoms with E-state index in [1.807, 2.05) is 18.2 Å². The maximum Gasteiger partial charge on any atom is 0.387 e. The first-order valence-electron chi connectivity index (χ1n) is 10.5. The number of nitrogens with one attached hydrogen (secondary N) is 2. The number of hydrogen-bond acceptors (Lipinski definition) is 6. The van der Waals surface area contributed by atoms with E-state index >= 15 is 0 Å². The number of carbonyl (C=O) groups is 1. The van der Waals surface area contributed by atoms with E-state index in [1.165, 1.54) is 16.6 Å². The van der Waals surface area contributed by atoms with Gasteiger partial charge in [0.05, 0.1) is 11.1 Å². The molecule has 0 spiro atoms. The van der Waals surface area contributed by atoms with Crippen LogP contribution in [0.2, 0.25) is 5.02 Å². The second-order valence-electron chi connectivity index (χ2n) is 7.74. The number of aromatic nitrogens is 4. The summed E-state index contributed by atoms with van der Waals surface area (Å²) in [5.74, 6) is 0.190. The number of halogens is 4. The smallest absolute Gasteiger partial charge is 0.387 e. The van der Waals surface area contributed by atoms with Gasteiger partial charge in [0.2, 0.25) is 11.9 Å². The highest BCUT2D eigenvalue weighted by Crippen LogP contribution is 2.34. The van der Waals surface area contributed by atoms with Gasteiger partial charge in [0.15, 0.2) is 11.5 Å². The van der Waals surface area contributed by atoms with Crippen molar-refractivity contribution in [1.82, 2.24) is 24.9 Å². The van der Waals surface area contributed by atoms with Crippen molar-refractivity contribution >= 4 is 55.9 Å². The predicted octanol–water partition coefficient (Wildman–Crippen LogP) is 5.04. The van der Waals surface area contributed by atoms with Crippen LogP contribution in [0.25, 0.3) is 27.9 Å². The van der Waals surface area contributed by atoms with Gasteiger partial charge in [0.1, 0.15) is 11.8 Å². The van der Waals surface area contributed by atoms with Gasteiger partial charge in [-0.2, -0.15) is 13.3 Å². The minimum Gasteiger partial charge on any atom is -0.434 e. The summed E-state index contributed by atoms with van der Waals surface area (Å²) < 4.78 is 32.9. The molecule has 1 saturated heterocycles. The number of carbonyl (C=O) groups excluding carboxylic acids is 1. The first-order valence-corrected chi connectivity index (χ1v) is 11.7. The van der Waals surface area contributed by atoms with Crippen molar-refractivity contribution in [2.24, 2.45) is 0 Å². The van der Waals surface area contributed by atoms with Crippen LogP contribution >= 0.6 is 27.5 Å². The molecule has 1 aliphatic rings. The SMILES string of the molecule is O=C1NCCCC[C@@H]1Nc1nc2c(Br)cccc2c2nc(-c3ccc(Cl)cc3OC(F)F)nn12. The number of alkyl halides is 2. The van der Waals surface area contributed by atoms with Gasteiger partial charge in [-0.15, -0.1) is 5.10 Å². The third-order valence-electron chi connectivity index (χ3n) is 5.49. The number of ether oxygens (including phenoxy) is 1. The maximum atomic E-state index is 13.0. The molecule has 1 atom stereocenters. The van der Waals surface area contributed by atoms with Crippen molar-refractivity contribution in [3.05, 3.63) is 45.9 Å². The number of para-hydroxylation sites is 1. The summed E-state index contributed by atoms with van der Waals surface area (Å²) in [5, 5.41) is 11.6. The molecule has 2 N–H and O–H groups in total. The fourth-order valence-electron chi connectivity index (χ4n) is 3.91. The molecule has 1 aliphatic heterocycles. The zero-order chi connectivity index (χ0) is 23.8. The molecule has 2 aromatic heterocycles. The van der Waals surface area contributed by atoms with Crippen LogP contribution in [0.3, 0.4) is 0 Å². The largest absolute Gasteiger partial charge is 0.434 e. The van der Waals surface area contributed by atoms with Gasteiger partial charge in [-0.05, 0) is 65.5 Å². The lowest BCUT2D eigenvalue weighted by molar-refractivity contribution is -0.121. The molecule has 2 aromatic carbocycles. The summed E-state index contributed by atoms with van der Waals surface area (Å²) in [6.07, 6.45) is 2.40. The molecule has 34 heavy (non-hydrogen) atoms. The van der Waals surface area contributed by atoms with Gasteiger partial charge in [0.25, 0.3) is 0 Å². The predicted molar refractivity (Wildman–Crippen MR) is 127 cm³/mol. The number of hydrogen-bond donors (Lipinski definition) is 2. The Morgan fingerprint density at radius 1 is 1.24 bits per heavy atom. The van der Waals surface area contributed by atoms with E-state index in [0.29, 0.717) is 35.5 Å². The van der Waals surface area contributed by atoms with Gasteiger partial charge in [-0.3, -0.25) is 4.79 Å². The fraction of sp³-hybridized carbons (Fsp3) is 0.273. The standard InChI is InChI=1S/C22H18BrClF2N6O2/c23-14-5-3-4-13-17(14)29-22(28-15-6-1-2-9-27-20(15)33)32-19(13)30-18(31-32)12-8-7-11(24)10-16(12)34-21(25)26/h3-5,7-8,10,15,21H,1-2,6,9H2,(H,27,33)(H,28,29)/t15-/m0/s1. The Hall–Kier alpha value is -3.05. The van der Waals surface area contributed by atoms with Gasteiger partial charge in [-0.25, -0.2) is 9.97 Å². The maximum absolute atomic E-state index is 13.0. The molecule has 5 rings (SSSR count). The number of amides is 1. The van der Waals surface area contributed by atoms with Crippen molar-refractivity contribution in [2.45, 2.75) is 31.9 Å². The Morgan fingerprint density at radius 3 is 2.91 bits per heavy atom. The van der Waals surface area contributed by atoms with Crippen LogP contribution in [0.15, 0.2) is 40.9 Å². The molecule has 0 bridgehead atoms. The lowest BCUT2D eigenvalue weighted by Crippen LogP contribution is -2.38. The van der Waals surface area contributed by atoms with Crippen molar-refractivity contribution in [2.75, 3.05) is 11.9 Å². The van der Waals surface area contributed by atoms with Crippen LogP contribution in [0.4, 0.5) is 14.7 Å². The lowest BCUT2D eigenvalue weighted by Gasteiger charge is -2.17. The van der Waals surface area contributed by atoms with E-state index < -0.39 is 12.7 Å². The fourth-order valence-corrected chi connectivity index (χ4v) is 4.53. The number of anilines is 1. The quantitative estimate of drug-likeness (QED) is 0.361. The van der Waals surface area contributed by atoms with E-state index in [1.54, 1.807) is 6.07 Å². The summed E-state index contributed by atoms with van der Waals surface area (Å²) in [6, 6.07) is 9.37. The van der Waals surface area contributed by atoms with Crippen molar-refractivity contribution in [3.8, 4) is 17.1 Å². The average molecular weight is 552 g/mol. The van der Waals surface area contributed by atoms with Crippen molar-refractivity contribution in [3.63, 3.8) is 0 Å². The molecule has 0 aliphatic carbocycles. The van der Waals surface area contributed by atoms with Crippen LogP contribution in [-0.4, -0.2) is 44.7 Å². The van der Waals surface area contributed by atoms with Crippen LogP contribution in [0.1, 0.15) is 19.3 Å². The molecule has 4 aromatic rings. The molecule has 0 saturated carbocycles. The minimum absolute atomic E-state index is 0.120. The first-order chi connectivity index (χ1) is 16.4.